The van der Waals surface area contributed by atoms with Crippen molar-refractivity contribution in [2.75, 3.05) is 23.4 Å². The molecular weight excluding hydrogens is 242 g/mol. The summed E-state index contributed by atoms with van der Waals surface area (Å²) in [5, 5.41) is 12.6. The molecule has 1 aliphatic carbocycles. The van der Waals surface area contributed by atoms with Gasteiger partial charge in [0.15, 0.2) is 11.0 Å². The third-order valence-corrected chi connectivity index (χ3v) is 3.05. The van der Waals surface area contributed by atoms with E-state index in [1.807, 2.05) is 12.2 Å². The molecule has 0 saturated carbocycles. The maximum Gasteiger partial charge on any atom is 0.223 e. The van der Waals surface area contributed by atoms with Crippen LogP contribution in [0.3, 0.4) is 0 Å². The quantitative estimate of drug-likeness (QED) is 0.469. The van der Waals surface area contributed by atoms with Gasteiger partial charge in [-0.25, -0.2) is 0 Å². The maximum absolute atomic E-state index is 9.45. The fourth-order valence-electron chi connectivity index (χ4n) is 1.80. The van der Waals surface area contributed by atoms with Crippen LogP contribution >= 0.6 is 11.6 Å². The molecule has 7 heteroatoms. The Labute approximate surface area is 104 Å². The minimum Gasteiger partial charge on any atom is -0.394 e. The second-order valence-corrected chi connectivity index (χ2v) is 4.37. The predicted molar refractivity (Wildman–Crippen MR) is 67.7 cm³/mol. The van der Waals surface area contributed by atoms with Gasteiger partial charge in [0.05, 0.1) is 12.1 Å². The lowest BCUT2D eigenvalue weighted by atomic mass is 10.0. The molecule has 1 atom stereocenters. The molecule has 1 aromatic heterocycles. The summed E-state index contributed by atoms with van der Waals surface area (Å²) >= 11 is 5.82. The molecule has 0 unspecified atom stereocenters. The average Bonchev–Trinajstić information content (AvgIpc) is 2.74. The first kappa shape index (κ1) is 11.9. The maximum atomic E-state index is 9.45. The van der Waals surface area contributed by atoms with E-state index in [9.17, 15) is 5.11 Å². The van der Waals surface area contributed by atoms with Crippen molar-refractivity contribution >= 4 is 29.1 Å². The van der Waals surface area contributed by atoms with Crippen molar-refractivity contribution in [3.8, 4) is 0 Å². The Morgan fingerprint density at radius 3 is 2.82 bits per heavy atom. The Hall–Kier alpha value is -1.53. The van der Waals surface area contributed by atoms with Crippen LogP contribution in [-0.2, 0) is 0 Å². The van der Waals surface area contributed by atoms with Gasteiger partial charge in [-0.3, -0.25) is 0 Å². The zero-order valence-electron chi connectivity index (χ0n) is 9.15. The highest BCUT2D eigenvalue weighted by atomic mass is 35.5. The molecular formula is C10H14ClN5O. The van der Waals surface area contributed by atoms with E-state index in [-0.39, 0.29) is 23.4 Å². The molecule has 92 valence electrons. The largest absolute Gasteiger partial charge is 0.394 e. The van der Waals surface area contributed by atoms with Gasteiger partial charge in [-0.05, 0) is 12.8 Å². The molecule has 6 N–H and O–H groups in total. The second kappa shape index (κ2) is 4.38. The van der Waals surface area contributed by atoms with E-state index in [0.29, 0.717) is 5.82 Å². The summed E-state index contributed by atoms with van der Waals surface area (Å²) in [6, 6.07) is 0. The van der Waals surface area contributed by atoms with Gasteiger partial charge in [0.25, 0.3) is 0 Å². The average molecular weight is 256 g/mol. The second-order valence-electron chi connectivity index (χ2n) is 4.02. The van der Waals surface area contributed by atoms with Gasteiger partial charge in [-0.2, -0.15) is 9.97 Å². The zero-order chi connectivity index (χ0) is 12.5. The predicted octanol–water partition coefficient (Wildman–Crippen LogP) is 0.787. The number of anilines is 3. The topological polar surface area (TPSA) is 110 Å². The van der Waals surface area contributed by atoms with Crippen molar-refractivity contribution in [1.82, 2.24) is 9.97 Å². The number of hydrogen-bond acceptors (Lipinski definition) is 6. The zero-order valence-corrected chi connectivity index (χ0v) is 9.91. The molecule has 1 heterocycles. The number of aliphatic hydroxyl groups is 1. The highest BCUT2D eigenvalue weighted by Gasteiger charge is 2.30. The van der Waals surface area contributed by atoms with Crippen LogP contribution in [0, 0.1) is 0 Å². The van der Waals surface area contributed by atoms with Crippen LogP contribution in [0.1, 0.15) is 12.8 Å². The Morgan fingerprint density at radius 1 is 1.47 bits per heavy atom. The summed E-state index contributed by atoms with van der Waals surface area (Å²) in [7, 11) is 0. The van der Waals surface area contributed by atoms with Gasteiger partial charge in [0.1, 0.15) is 5.69 Å². The number of nitrogen functional groups attached to an aromatic ring is 2. The minimum absolute atomic E-state index is 0.0433. The summed E-state index contributed by atoms with van der Waals surface area (Å²) in [6.45, 7) is -0.0511. The van der Waals surface area contributed by atoms with Gasteiger partial charge in [-0.1, -0.05) is 23.8 Å². The highest BCUT2D eigenvalue weighted by molar-refractivity contribution is 6.32. The SMILES string of the molecule is Nc1nc(Cl)c(N)c(N[C@]2(CO)C=CCC2)n1. The number of nitrogens with one attached hydrogen (secondary N) is 1. The van der Waals surface area contributed by atoms with Gasteiger partial charge in [-0.15, -0.1) is 0 Å². The van der Waals surface area contributed by atoms with Crippen LogP contribution in [0.2, 0.25) is 5.15 Å². The summed E-state index contributed by atoms with van der Waals surface area (Å²) in [5.41, 5.74) is 11.0. The van der Waals surface area contributed by atoms with Crippen LogP contribution in [0.15, 0.2) is 12.2 Å². The molecule has 0 amide bonds. The number of rotatable bonds is 3. The normalized spacial score (nSPS) is 22.9. The van der Waals surface area contributed by atoms with Crippen molar-refractivity contribution in [3.63, 3.8) is 0 Å². The molecule has 0 spiro atoms. The van der Waals surface area contributed by atoms with Crippen molar-refractivity contribution in [2.45, 2.75) is 18.4 Å². The summed E-state index contributed by atoms with van der Waals surface area (Å²) in [5.74, 6) is 0.393. The van der Waals surface area contributed by atoms with Gasteiger partial charge in [0, 0.05) is 0 Å². The number of allylic oxidation sites excluding steroid dienone is 1. The molecule has 1 aliphatic rings. The highest BCUT2D eigenvalue weighted by Crippen LogP contribution is 2.31. The Bertz CT molecular complexity index is 464. The molecule has 17 heavy (non-hydrogen) atoms. The molecule has 1 aromatic rings. The summed E-state index contributed by atoms with van der Waals surface area (Å²) < 4.78 is 0. The van der Waals surface area contributed by atoms with E-state index in [1.165, 1.54) is 0 Å². The van der Waals surface area contributed by atoms with E-state index in [0.717, 1.165) is 12.8 Å². The lowest BCUT2D eigenvalue weighted by molar-refractivity contribution is 0.238. The van der Waals surface area contributed by atoms with E-state index in [1.54, 1.807) is 0 Å². The smallest absolute Gasteiger partial charge is 0.223 e. The standard InChI is InChI=1S/C10H14ClN5O/c11-7-6(12)8(15-9(13)14-7)16-10(5-17)3-1-2-4-10/h1,3,17H,2,4-5,12H2,(H3,13,14,15,16)/t10-/m1/s1. The van der Waals surface area contributed by atoms with E-state index in [4.69, 9.17) is 23.1 Å². The fourth-order valence-corrected chi connectivity index (χ4v) is 1.97. The van der Waals surface area contributed by atoms with Crippen LogP contribution in [0.5, 0.6) is 0 Å². The number of hydrogen-bond donors (Lipinski definition) is 4. The Morgan fingerprint density at radius 2 is 2.24 bits per heavy atom. The third kappa shape index (κ3) is 2.27. The van der Waals surface area contributed by atoms with Gasteiger partial charge in [0.2, 0.25) is 5.95 Å². The Kier molecular flexibility index (Phi) is 3.08. The first-order valence-corrected chi connectivity index (χ1v) is 5.59. The number of halogens is 1. The summed E-state index contributed by atoms with van der Waals surface area (Å²) in [6.07, 6.45) is 5.55. The van der Waals surface area contributed by atoms with Crippen LogP contribution in [0.25, 0.3) is 0 Å². The minimum atomic E-state index is -0.543. The van der Waals surface area contributed by atoms with Crippen LogP contribution in [0.4, 0.5) is 17.5 Å². The number of aromatic nitrogens is 2. The van der Waals surface area contributed by atoms with Crippen molar-refractivity contribution < 1.29 is 5.11 Å². The van der Waals surface area contributed by atoms with Crippen LogP contribution < -0.4 is 16.8 Å². The van der Waals surface area contributed by atoms with E-state index >= 15 is 0 Å². The molecule has 0 radical (unpaired) electrons. The number of nitrogens with two attached hydrogens (primary N) is 2. The lowest BCUT2D eigenvalue weighted by Gasteiger charge is -2.27. The lowest BCUT2D eigenvalue weighted by Crippen LogP contribution is -2.38. The number of nitrogens with zero attached hydrogens (tertiary/aromatic N) is 2. The first-order chi connectivity index (χ1) is 8.06. The molecule has 0 saturated heterocycles. The molecule has 2 rings (SSSR count). The molecule has 0 aliphatic heterocycles. The summed E-state index contributed by atoms with van der Waals surface area (Å²) in [4.78, 5) is 7.73. The first-order valence-electron chi connectivity index (χ1n) is 5.21. The fraction of sp³-hybridized carbons (Fsp3) is 0.400. The molecule has 0 fully saturated rings. The molecule has 0 aromatic carbocycles. The van der Waals surface area contributed by atoms with E-state index in [2.05, 4.69) is 15.3 Å². The van der Waals surface area contributed by atoms with Crippen molar-refractivity contribution in [2.24, 2.45) is 0 Å². The molecule has 6 nitrogen and oxygen atoms in total. The van der Waals surface area contributed by atoms with Crippen LogP contribution in [-0.4, -0.2) is 27.2 Å². The monoisotopic (exact) mass is 255 g/mol. The van der Waals surface area contributed by atoms with Gasteiger partial charge >= 0.3 is 0 Å². The van der Waals surface area contributed by atoms with E-state index < -0.39 is 5.54 Å². The Balaban J connectivity index is 2.32. The third-order valence-electron chi connectivity index (χ3n) is 2.76. The van der Waals surface area contributed by atoms with Gasteiger partial charge < -0.3 is 21.9 Å². The number of aliphatic hydroxyl groups excluding tert-OH is 1. The van der Waals surface area contributed by atoms with Crippen molar-refractivity contribution in [3.05, 3.63) is 17.3 Å². The van der Waals surface area contributed by atoms with Crippen molar-refractivity contribution in [1.29, 1.82) is 0 Å². The molecule has 0 bridgehead atoms.